The summed E-state index contributed by atoms with van der Waals surface area (Å²) in [5.41, 5.74) is 0.479. The summed E-state index contributed by atoms with van der Waals surface area (Å²) in [6.07, 6.45) is 0.655. The molecule has 28 heavy (non-hydrogen) atoms. The van der Waals surface area contributed by atoms with Gasteiger partial charge >= 0.3 is 0 Å². The molecule has 1 aliphatic heterocycles. The molecule has 144 valence electrons. The minimum Gasteiger partial charge on any atom is -0.292 e. The van der Waals surface area contributed by atoms with Gasteiger partial charge in [-0.1, -0.05) is 53.5 Å². The van der Waals surface area contributed by atoms with E-state index in [1.54, 1.807) is 30.3 Å². The normalized spacial score (nSPS) is 14.1. The van der Waals surface area contributed by atoms with E-state index in [1.807, 2.05) is 0 Å². The van der Waals surface area contributed by atoms with Gasteiger partial charge in [-0.25, -0.2) is 5.01 Å². The first-order chi connectivity index (χ1) is 13.4. The molecule has 1 heterocycles. The summed E-state index contributed by atoms with van der Waals surface area (Å²) in [5, 5.41) is 2.07. The lowest BCUT2D eigenvalue weighted by molar-refractivity contribution is -0.162. The molecule has 0 aliphatic carbocycles. The van der Waals surface area contributed by atoms with Crippen molar-refractivity contribution >= 4 is 46.7 Å². The summed E-state index contributed by atoms with van der Waals surface area (Å²) < 4.78 is 0. The van der Waals surface area contributed by atoms with Crippen LogP contribution in [0, 0.1) is 0 Å². The molecule has 8 heteroatoms. The lowest BCUT2D eigenvalue weighted by Crippen LogP contribution is -2.56. The van der Waals surface area contributed by atoms with Crippen LogP contribution in [0.15, 0.2) is 48.5 Å². The van der Waals surface area contributed by atoms with Crippen LogP contribution in [0.25, 0.3) is 0 Å². The summed E-state index contributed by atoms with van der Waals surface area (Å²) in [5.74, 6) is -2.14. The second-order valence-corrected chi connectivity index (χ2v) is 7.05. The quantitative estimate of drug-likeness (QED) is 0.546. The smallest absolute Gasteiger partial charge is 0.273 e. The largest absolute Gasteiger partial charge is 0.292 e. The van der Waals surface area contributed by atoms with E-state index in [1.165, 1.54) is 18.2 Å². The van der Waals surface area contributed by atoms with Crippen molar-refractivity contribution in [1.82, 2.24) is 10.0 Å². The predicted octanol–water partition coefficient (Wildman–Crippen LogP) is 3.77. The fourth-order valence-corrected chi connectivity index (χ4v) is 3.17. The summed E-state index contributed by atoms with van der Waals surface area (Å²) >= 11 is 11.9. The van der Waals surface area contributed by atoms with Gasteiger partial charge in [-0.2, -0.15) is 5.01 Å². The van der Waals surface area contributed by atoms with E-state index in [2.05, 4.69) is 0 Å². The number of rotatable bonds is 5. The molecule has 2 aromatic carbocycles. The van der Waals surface area contributed by atoms with E-state index in [-0.39, 0.29) is 28.5 Å². The van der Waals surface area contributed by atoms with E-state index in [0.717, 1.165) is 10.0 Å². The van der Waals surface area contributed by atoms with Crippen LogP contribution in [0.1, 0.15) is 40.0 Å². The Morgan fingerprint density at radius 2 is 1.54 bits per heavy atom. The molecule has 3 rings (SSSR count). The zero-order valence-electron chi connectivity index (χ0n) is 14.7. The van der Waals surface area contributed by atoms with Crippen LogP contribution in [0.4, 0.5) is 0 Å². The van der Waals surface area contributed by atoms with Gasteiger partial charge < -0.3 is 0 Å². The second kappa shape index (κ2) is 8.54. The lowest BCUT2D eigenvalue weighted by Gasteiger charge is -2.35. The third kappa shape index (κ3) is 4.24. The van der Waals surface area contributed by atoms with Gasteiger partial charge in [0.15, 0.2) is 5.78 Å². The van der Waals surface area contributed by atoms with Crippen molar-refractivity contribution in [3.8, 4) is 0 Å². The highest BCUT2D eigenvalue weighted by Gasteiger charge is 2.36. The third-order valence-electron chi connectivity index (χ3n) is 4.29. The van der Waals surface area contributed by atoms with E-state index >= 15 is 0 Å². The second-order valence-electron chi connectivity index (χ2n) is 6.23. The first kappa shape index (κ1) is 20.0. The van der Waals surface area contributed by atoms with Gasteiger partial charge in [0.25, 0.3) is 5.91 Å². The van der Waals surface area contributed by atoms with Crippen LogP contribution < -0.4 is 0 Å². The maximum absolute atomic E-state index is 13.1. The molecule has 1 aliphatic rings. The number of amides is 3. The van der Waals surface area contributed by atoms with Crippen LogP contribution in [0.5, 0.6) is 0 Å². The summed E-state index contributed by atoms with van der Waals surface area (Å²) in [7, 11) is 0. The molecular formula is C20H16Cl2N2O4. The van der Waals surface area contributed by atoms with Crippen molar-refractivity contribution in [1.29, 1.82) is 0 Å². The molecular weight excluding hydrogens is 403 g/mol. The van der Waals surface area contributed by atoms with Crippen molar-refractivity contribution in [3.63, 3.8) is 0 Å². The number of carbonyl (C=O) groups excluding carboxylic acids is 4. The van der Waals surface area contributed by atoms with Crippen molar-refractivity contribution in [2.24, 2.45) is 0 Å². The number of ketones is 1. The third-order valence-corrected chi connectivity index (χ3v) is 5.02. The molecule has 1 saturated heterocycles. The topological polar surface area (TPSA) is 74.8 Å². The minimum absolute atomic E-state index is 0.112. The van der Waals surface area contributed by atoms with Gasteiger partial charge in [0.2, 0.25) is 11.8 Å². The van der Waals surface area contributed by atoms with Crippen LogP contribution in [0.2, 0.25) is 10.0 Å². The summed E-state index contributed by atoms with van der Waals surface area (Å²) in [4.78, 5) is 50.5. The SMILES string of the molecule is O=C(CN(C(=O)c1ccc(Cl)c(Cl)c1)N1C(=O)CCCC1=O)c1ccccc1. The number of carbonyl (C=O) groups is 4. The van der Waals surface area contributed by atoms with Gasteiger partial charge in [-0.3, -0.25) is 19.2 Å². The Balaban J connectivity index is 1.97. The Kier molecular flexibility index (Phi) is 6.11. The molecule has 3 amide bonds. The Morgan fingerprint density at radius 1 is 0.893 bits per heavy atom. The predicted molar refractivity (Wildman–Crippen MR) is 104 cm³/mol. The Morgan fingerprint density at radius 3 is 2.14 bits per heavy atom. The standard InChI is InChI=1S/C20H16Cl2N2O4/c21-15-10-9-14(11-16(15)22)20(28)23(24-18(26)7-4-8-19(24)27)12-17(25)13-5-2-1-3-6-13/h1-3,5-6,9-11H,4,7-8,12H2. The molecule has 0 spiro atoms. The van der Waals surface area contributed by atoms with Gasteiger partial charge in [0.05, 0.1) is 10.0 Å². The first-order valence-corrected chi connectivity index (χ1v) is 9.35. The van der Waals surface area contributed by atoms with E-state index in [0.29, 0.717) is 12.0 Å². The monoisotopic (exact) mass is 418 g/mol. The van der Waals surface area contributed by atoms with Crippen LogP contribution >= 0.6 is 23.2 Å². The zero-order chi connectivity index (χ0) is 20.3. The number of imide groups is 1. The highest BCUT2D eigenvalue weighted by Crippen LogP contribution is 2.25. The highest BCUT2D eigenvalue weighted by molar-refractivity contribution is 6.42. The molecule has 0 N–H and O–H groups in total. The number of hydrogen-bond donors (Lipinski definition) is 0. The molecule has 0 bridgehead atoms. The average Bonchev–Trinajstić information content (AvgIpc) is 2.69. The number of hydrazine groups is 1. The number of piperidine rings is 1. The van der Waals surface area contributed by atoms with Crippen molar-refractivity contribution < 1.29 is 19.2 Å². The van der Waals surface area contributed by atoms with Gasteiger partial charge in [-0.15, -0.1) is 0 Å². The maximum Gasteiger partial charge on any atom is 0.273 e. The first-order valence-electron chi connectivity index (χ1n) is 8.59. The average molecular weight is 419 g/mol. The Hall–Kier alpha value is -2.70. The molecule has 0 unspecified atom stereocenters. The summed E-state index contributed by atoms with van der Waals surface area (Å²) in [6.45, 7) is -0.458. The lowest BCUT2D eigenvalue weighted by atomic mass is 10.1. The summed E-state index contributed by atoms with van der Waals surface area (Å²) in [6, 6.07) is 12.5. The number of benzene rings is 2. The van der Waals surface area contributed by atoms with Gasteiger partial charge in [0.1, 0.15) is 6.54 Å². The van der Waals surface area contributed by atoms with E-state index in [4.69, 9.17) is 23.2 Å². The number of nitrogens with zero attached hydrogens (tertiary/aromatic N) is 2. The van der Waals surface area contributed by atoms with Gasteiger partial charge in [-0.05, 0) is 24.6 Å². The van der Waals surface area contributed by atoms with E-state index < -0.39 is 30.0 Å². The number of Topliss-reactive ketones (excluding diaryl/α,β-unsaturated/α-hetero) is 1. The molecule has 0 saturated carbocycles. The fourth-order valence-electron chi connectivity index (χ4n) is 2.87. The minimum atomic E-state index is -0.688. The van der Waals surface area contributed by atoms with Crippen LogP contribution in [-0.2, 0) is 9.59 Å². The zero-order valence-corrected chi connectivity index (χ0v) is 16.2. The van der Waals surface area contributed by atoms with Crippen molar-refractivity contribution in [2.45, 2.75) is 19.3 Å². The fraction of sp³-hybridized carbons (Fsp3) is 0.200. The molecule has 0 aromatic heterocycles. The molecule has 1 fully saturated rings. The van der Waals surface area contributed by atoms with Crippen LogP contribution in [-0.4, -0.2) is 40.1 Å². The highest BCUT2D eigenvalue weighted by atomic mass is 35.5. The molecule has 0 radical (unpaired) electrons. The molecule has 6 nitrogen and oxygen atoms in total. The molecule has 0 atom stereocenters. The maximum atomic E-state index is 13.1. The van der Waals surface area contributed by atoms with Crippen molar-refractivity contribution in [2.75, 3.05) is 6.54 Å². The van der Waals surface area contributed by atoms with E-state index in [9.17, 15) is 19.2 Å². The number of hydrogen-bond acceptors (Lipinski definition) is 4. The molecule has 2 aromatic rings. The Labute approximate surface area is 171 Å². The van der Waals surface area contributed by atoms with Gasteiger partial charge in [0, 0.05) is 24.0 Å². The Bertz CT molecular complexity index is 930. The van der Waals surface area contributed by atoms with Crippen molar-refractivity contribution in [3.05, 3.63) is 69.7 Å². The number of halogens is 2. The van der Waals surface area contributed by atoms with Crippen LogP contribution in [0.3, 0.4) is 0 Å².